The first-order chi connectivity index (χ1) is 31.2. The lowest BCUT2D eigenvalue weighted by Crippen LogP contribution is -2.07. The zero-order valence-corrected chi connectivity index (χ0v) is 33.9. The summed E-state index contributed by atoms with van der Waals surface area (Å²) in [6, 6.07) is 74.4. The van der Waals surface area contributed by atoms with E-state index in [0.717, 1.165) is 88.1 Å². The third-order valence-electron chi connectivity index (χ3n) is 12.4. The van der Waals surface area contributed by atoms with Crippen molar-refractivity contribution in [2.24, 2.45) is 0 Å². The van der Waals surface area contributed by atoms with E-state index in [-0.39, 0.29) is 0 Å². The van der Waals surface area contributed by atoms with Crippen LogP contribution in [0, 0.1) is 0 Å². The van der Waals surface area contributed by atoms with Crippen LogP contribution in [-0.2, 0) is 0 Å². The van der Waals surface area contributed by atoms with Gasteiger partial charge in [-0.3, -0.25) is 4.57 Å². The molecule has 0 atom stereocenters. The van der Waals surface area contributed by atoms with E-state index in [2.05, 4.69) is 197 Å². The Morgan fingerprint density at radius 1 is 0.333 bits per heavy atom. The molecule has 0 unspecified atom stereocenters. The van der Waals surface area contributed by atoms with Gasteiger partial charge in [-0.05, 0) is 53.1 Å². The average Bonchev–Trinajstić information content (AvgIpc) is 4.02. The maximum Gasteiger partial charge on any atom is 0.238 e. The molecule has 0 bridgehead atoms. The predicted octanol–water partition coefficient (Wildman–Crippen LogP) is 14.6. The second-order valence-corrected chi connectivity index (χ2v) is 16.0. The van der Waals surface area contributed by atoms with Gasteiger partial charge in [0.2, 0.25) is 5.95 Å². The second kappa shape index (κ2) is 14.0. The Labute approximate surface area is 361 Å². The molecular formula is C57H35N5O. The molecule has 9 aromatic carbocycles. The van der Waals surface area contributed by atoms with Crippen molar-refractivity contribution in [3.8, 4) is 56.7 Å². The number of rotatable bonds is 6. The van der Waals surface area contributed by atoms with Crippen LogP contribution in [0.1, 0.15) is 0 Å². The first kappa shape index (κ1) is 35.2. The van der Waals surface area contributed by atoms with Crippen LogP contribution in [0.5, 0.6) is 0 Å². The van der Waals surface area contributed by atoms with E-state index < -0.39 is 0 Å². The van der Waals surface area contributed by atoms with E-state index in [1.807, 2.05) is 24.3 Å². The number of fused-ring (bicyclic) bond motifs is 10. The predicted molar refractivity (Wildman–Crippen MR) is 258 cm³/mol. The summed E-state index contributed by atoms with van der Waals surface area (Å²) >= 11 is 0. The van der Waals surface area contributed by atoms with Crippen molar-refractivity contribution >= 4 is 65.6 Å². The van der Waals surface area contributed by atoms with Gasteiger partial charge in [0.05, 0.1) is 22.1 Å². The lowest BCUT2D eigenvalue weighted by Gasteiger charge is -2.13. The Morgan fingerprint density at radius 2 is 0.841 bits per heavy atom. The Kier molecular flexibility index (Phi) is 7.80. The van der Waals surface area contributed by atoms with Gasteiger partial charge in [-0.25, -0.2) is 4.98 Å². The van der Waals surface area contributed by atoms with Crippen molar-refractivity contribution in [3.63, 3.8) is 0 Å². The number of para-hydroxylation sites is 3. The zero-order chi connectivity index (χ0) is 41.4. The summed E-state index contributed by atoms with van der Waals surface area (Å²) < 4.78 is 11.4. The minimum absolute atomic E-state index is 0.532. The van der Waals surface area contributed by atoms with E-state index in [1.54, 1.807) is 0 Å². The minimum atomic E-state index is 0.532. The van der Waals surface area contributed by atoms with Crippen molar-refractivity contribution in [3.05, 3.63) is 212 Å². The molecule has 0 spiro atoms. The highest BCUT2D eigenvalue weighted by Crippen LogP contribution is 2.42. The maximum absolute atomic E-state index is 6.72. The van der Waals surface area contributed by atoms with Gasteiger partial charge in [0.25, 0.3) is 0 Å². The largest absolute Gasteiger partial charge is 0.455 e. The summed E-state index contributed by atoms with van der Waals surface area (Å²) in [6.45, 7) is 0. The van der Waals surface area contributed by atoms with Crippen LogP contribution in [0.15, 0.2) is 217 Å². The van der Waals surface area contributed by atoms with Gasteiger partial charge in [0.1, 0.15) is 11.2 Å². The molecule has 0 aliphatic carbocycles. The first-order valence-electron chi connectivity index (χ1n) is 21.2. The summed E-state index contributed by atoms with van der Waals surface area (Å²) in [6.07, 6.45) is 0. The fraction of sp³-hybridized carbons (Fsp3) is 0. The van der Waals surface area contributed by atoms with Crippen molar-refractivity contribution in [1.29, 1.82) is 0 Å². The van der Waals surface area contributed by atoms with E-state index in [9.17, 15) is 0 Å². The van der Waals surface area contributed by atoms with Gasteiger partial charge in [-0.1, -0.05) is 176 Å². The molecule has 0 aliphatic rings. The SMILES string of the molecule is c1ccc(-c2ccc(-n3c4ccccc4c4ccc5c6ccccc6n(-c6nc(-c7ccccc7)nc(-c7ccc8c(c7)oc7c(-c9ccccc9)cccc78)n6)c5c43)cc2)cc1. The highest BCUT2D eigenvalue weighted by atomic mass is 16.3. The van der Waals surface area contributed by atoms with Gasteiger partial charge in [0, 0.05) is 54.7 Å². The van der Waals surface area contributed by atoms with Crippen LogP contribution in [0.4, 0.5) is 0 Å². The third-order valence-corrected chi connectivity index (χ3v) is 12.4. The van der Waals surface area contributed by atoms with Gasteiger partial charge < -0.3 is 8.98 Å². The van der Waals surface area contributed by atoms with Crippen LogP contribution >= 0.6 is 0 Å². The van der Waals surface area contributed by atoms with Crippen LogP contribution in [0.3, 0.4) is 0 Å². The molecule has 0 aliphatic heterocycles. The minimum Gasteiger partial charge on any atom is -0.455 e. The molecule has 6 heteroatoms. The fourth-order valence-corrected chi connectivity index (χ4v) is 9.50. The van der Waals surface area contributed by atoms with E-state index in [0.29, 0.717) is 17.6 Å². The quantitative estimate of drug-likeness (QED) is 0.168. The van der Waals surface area contributed by atoms with Crippen molar-refractivity contribution in [2.45, 2.75) is 0 Å². The van der Waals surface area contributed by atoms with Crippen LogP contribution in [-0.4, -0.2) is 24.1 Å². The van der Waals surface area contributed by atoms with Crippen LogP contribution in [0.25, 0.3) is 122 Å². The number of benzene rings is 9. The standard InChI is InChI=1S/C57H35N5O/c1-4-15-36(16-5-1)37-27-30-41(31-28-37)61-49-25-12-10-21-43(49)46-33-34-47-44-22-11-13-26-50(44)62(53(47)52(46)61)57-59-55(39-19-8-3-9-20-39)58-56(60-57)40-29-32-45-48-24-14-23-42(38-17-6-2-7-18-38)54(48)63-51(45)35-40/h1-35H. The molecule has 0 N–H and O–H groups in total. The van der Waals surface area contributed by atoms with Crippen molar-refractivity contribution in [2.75, 3.05) is 0 Å². The zero-order valence-electron chi connectivity index (χ0n) is 33.9. The number of hydrogen-bond donors (Lipinski definition) is 0. The lowest BCUT2D eigenvalue weighted by molar-refractivity contribution is 0.670. The molecule has 4 heterocycles. The molecular weight excluding hydrogens is 771 g/mol. The topological polar surface area (TPSA) is 61.7 Å². The van der Waals surface area contributed by atoms with E-state index in [1.165, 1.54) is 16.5 Å². The van der Waals surface area contributed by atoms with E-state index >= 15 is 0 Å². The molecule has 294 valence electrons. The number of aromatic nitrogens is 5. The molecule has 0 radical (unpaired) electrons. The number of nitrogens with zero attached hydrogens (tertiary/aromatic N) is 5. The summed E-state index contributed by atoms with van der Waals surface area (Å²) in [7, 11) is 0. The summed E-state index contributed by atoms with van der Waals surface area (Å²) in [4.78, 5) is 15.9. The van der Waals surface area contributed by atoms with Crippen LogP contribution < -0.4 is 0 Å². The normalized spacial score (nSPS) is 11.8. The molecule has 0 saturated carbocycles. The molecule has 13 aromatic rings. The summed E-state index contributed by atoms with van der Waals surface area (Å²) in [5, 5.41) is 6.67. The Bertz CT molecular complexity index is 3890. The molecule has 0 saturated heterocycles. The Hall–Kier alpha value is -8.61. The highest BCUT2D eigenvalue weighted by Gasteiger charge is 2.24. The summed E-state index contributed by atoms with van der Waals surface area (Å²) in [5.41, 5.74) is 13.2. The van der Waals surface area contributed by atoms with Crippen molar-refractivity contribution in [1.82, 2.24) is 24.1 Å². The van der Waals surface area contributed by atoms with Gasteiger partial charge >= 0.3 is 0 Å². The maximum atomic E-state index is 6.72. The van der Waals surface area contributed by atoms with Gasteiger partial charge in [-0.2, -0.15) is 9.97 Å². The Balaban J connectivity index is 1.08. The molecule has 4 aromatic heterocycles. The first-order valence-corrected chi connectivity index (χ1v) is 21.2. The average molecular weight is 806 g/mol. The summed E-state index contributed by atoms with van der Waals surface area (Å²) in [5.74, 6) is 1.67. The monoisotopic (exact) mass is 805 g/mol. The van der Waals surface area contributed by atoms with Gasteiger partial charge in [0.15, 0.2) is 11.6 Å². The number of hydrogen-bond acceptors (Lipinski definition) is 4. The molecule has 0 fully saturated rings. The fourth-order valence-electron chi connectivity index (χ4n) is 9.50. The smallest absolute Gasteiger partial charge is 0.238 e. The second-order valence-electron chi connectivity index (χ2n) is 16.0. The molecule has 13 rings (SSSR count). The number of furan rings is 1. The molecule has 6 nitrogen and oxygen atoms in total. The van der Waals surface area contributed by atoms with E-state index in [4.69, 9.17) is 19.4 Å². The Morgan fingerprint density at radius 3 is 1.52 bits per heavy atom. The molecule has 63 heavy (non-hydrogen) atoms. The molecule has 0 amide bonds. The lowest BCUT2D eigenvalue weighted by atomic mass is 10.0. The third kappa shape index (κ3) is 5.55. The highest BCUT2D eigenvalue weighted by molar-refractivity contribution is 6.23. The van der Waals surface area contributed by atoms with Crippen molar-refractivity contribution < 1.29 is 4.42 Å². The van der Waals surface area contributed by atoms with Gasteiger partial charge in [-0.15, -0.1) is 0 Å². The van der Waals surface area contributed by atoms with Crippen LogP contribution in [0.2, 0.25) is 0 Å².